The number of amidine groups is 1. The fourth-order valence-electron chi connectivity index (χ4n) is 2.95. The number of hydrogen-bond acceptors (Lipinski definition) is 4. The molecule has 2 amide bonds. The average molecular weight is 385 g/mol. The van der Waals surface area contributed by atoms with Crippen molar-refractivity contribution in [3.05, 3.63) is 29.8 Å². The molecule has 1 aromatic rings. The first-order valence-electron chi connectivity index (χ1n) is 8.34. The van der Waals surface area contributed by atoms with Crippen LogP contribution in [0, 0.1) is 0 Å². The first-order valence-corrected chi connectivity index (χ1v) is 9.21. The summed E-state index contributed by atoms with van der Waals surface area (Å²) in [5, 5.41) is 4.99. The summed E-state index contributed by atoms with van der Waals surface area (Å²) >= 11 is 1.20. The number of hydrogen-bond donors (Lipinski definition) is 2. The average Bonchev–Trinajstić information content (AvgIpc) is 3.17. The maximum Gasteiger partial charge on any atom is 0.416 e. The number of carbonyl (C=O) groups is 2. The van der Waals surface area contributed by atoms with Crippen LogP contribution in [0.25, 0.3) is 0 Å². The maximum absolute atomic E-state index is 12.7. The first-order chi connectivity index (χ1) is 12.3. The van der Waals surface area contributed by atoms with Crippen LogP contribution in [0.2, 0.25) is 0 Å². The number of carbonyl (C=O) groups excluding carboxylic acids is 2. The molecule has 0 radical (unpaired) electrons. The minimum atomic E-state index is -4.48. The molecule has 0 unspecified atom stereocenters. The van der Waals surface area contributed by atoms with E-state index in [0.29, 0.717) is 5.17 Å². The summed E-state index contributed by atoms with van der Waals surface area (Å²) in [5.74, 6) is -0.815. The Morgan fingerprint density at radius 2 is 2.04 bits per heavy atom. The molecule has 2 aliphatic rings. The molecule has 1 atom stereocenters. The van der Waals surface area contributed by atoms with Crippen molar-refractivity contribution in [1.29, 1.82) is 0 Å². The second kappa shape index (κ2) is 7.69. The fraction of sp³-hybridized carbons (Fsp3) is 0.471. The predicted octanol–water partition coefficient (Wildman–Crippen LogP) is 3.56. The van der Waals surface area contributed by atoms with E-state index in [1.807, 2.05) is 0 Å². The van der Waals surface area contributed by atoms with Crippen LogP contribution in [0.4, 0.5) is 18.9 Å². The second-order valence-corrected chi connectivity index (χ2v) is 7.49. The minimum absolute atomic E-state index is 0.0491. The summed E-state index contributed by atoms with van der Waals surface area (Å²) in [6.45, 7) is 0. The molecule has 1 aliphatic carbocycles. The Labute approximate surface area is 152 Å². The van der Waals surface area contributed by atoms with Crippen molar-refractivity contribution < 1.29 is 22.8 Å². The molecule has 1 aromatic carbocycles. The third-order valence-corrected chi connectivity index (χ3v) is 5.34. The molecule has 2 fully saturated rings. The van der Waals surface area contributed by atoms with Crippen molar-refractivity contribution in [2.24, 2.45) is 4.99 Å². The van der Waals surface area contributed by atoms with Crippen LogP contribution in [0.3, 0.4) is 0 Å². The molecule has 2 N–H and O–H groups in total. The number of benzene rings is 1. The molecule has 0 bridgehead atoms. The summed E-state index contributed by atoms with van der Waals surface area (Å²) in [7, 11) is 0. The van der Waals surface area contributed by atoms with Crippen LogP contribution in [0.5, 0.6) is 0 Å². The molecule has 26 heavy (non-hydrogen) atoms. The van der Waals surface area contributed by atoms with Crippen molar-refractivity contribution in [3.8, 4) is 0 Å². The van der Waals surface area contributed by atoms with Gasteiger partial charge in [0.25, 0.3) is 0 Å². The Bertz CT molecular complexity index is 730. The van der Waals surface area contributed by atoms with E-state index < -0.39 is 22.9 Å². The van der Waals surface area contributed by atoms with Gasteiger partial charge in [0.2, 0.25) is 11.8 Å². The summed E-state index contributed by atoms with van der Waals surface area (Å²) in [5.41, 5.74) is -0.789. The molecule has 1 heterocycles. The van der Waals surface area contributed by atoms with Gasteiger partial charge < -0.3 is 10.6 Å². The number of aliphatic imine (C=N–C) groups is 1. The van der Waals surface area contributed by atoms with Crippen LogP contribution in [0.15, 0.2) is 29.3 Å². The van der Waals surface area contributed by atoms with E-state index in [9.17, 15) is 22.8 Å². The molecule has 1 saturated heterocycles. The standard InChI is InChI=1S/C17H18F3N3O2S/c18-17(19,20)10-4-3-7-12(8-10)21-14(24)9-13-15(25)23-16(26-13)22-11-5-1-2-6-11/h3-4,7-8,11,13H,1-2,5-6,9H2,(H,21,24)(H,22,23,25)/t13-/m1/s1. The quantitative estimate of drug-likeness (QED) is 0.833. The van der Waals surface area contributed by atoms with Gasteiger partial charge in [-0.2, -0.15) is 13.2 Å². The van der Waals surface area contributed by atoms with Crippen LogP contribution in [0.1, 0.15) is 37.7 Å². The SMILES string of the molecule is O=C(C[C@H]1SC(=NC2CCCC2)NC1=O)Nc1cccc(C(F)(F)F)c1. The highest BCUT2D eigenvalue weighted by molar-refractivity contribution is 8.15. The molecule has 1 saturated carbocycles. The second-order valence-electron chi connectivity index (χ2n) is 6.30. The molecular formula is C17H18F3N3O2S. The van der Waals surface area contributed by atoms with Gasteiger partial charge in [0.15, 0.2) is 5.17 Å². The molecule has 140 valence electrons. The molecule has 1 aliphatic heterocycles. The van der Waals surface area contributed by atoms with E-state index >= 15 is 0 Å². The summed E-state index contributed by atoms with van der Waals surface area (Å²) in [6.07, 6.45) is -0.350. The minimum Gasteiger partial charge on any atom is -0.326 e. The molecule has 5 nitrogen and oxygen atoms in total. The summed E-state index contributed by atoms with van der Waals surface area (Å²) in [4.78, 5) is 28.6. The van der Waals surface area contributed by atoms with Crippen LogP contribution in [-0.2, 0) is 15.8 Å². The number of thioether (sulfide) groups is 1. The van der Waals surface area contributed by atoms with Gasteiger partial charge in [-0.3, -0.25) is 14.6 Å². The van der Waals surface area contributed by atoms with E-state index in [-0.39, 0.29) is 24.1 Å². The molecular weight excluding hydrogens is 367 g/mol. The lowest BCUT2D eigenvalue weighted by atomic mass is 10.2. The van der Waals surface area contributed by atoms with Crippen molar-refractivity contribution in [2.75, 3.05) is 5.32 Å². The zero-order valence-electron chi connectivity index (χ0n) is 13.8. The Morgan fingerprint density at radius 1 is 1.31 bits per heavy atom. The van der Waals surface area contributed by atoms with Crippen LogP contribution in [-0.4, -0.2) is 28.3 Å². The van der Waals surface area contributed by atoms with E-state index in [1.54, 1.807) is 0 Å². The molecule has 0 aromatic heterocycles. The van der Waals surface area contributed by atoms with Crippen molar-refractivity contribution in [1.82, 2.24) is 5.32 Å². The van der Waals surface area contributed by atoms with E-state index in [2.05, 4.69) is 15.6 Å². The van der Waals surface area contributed by atoms with E-state index in [0.717, 1.165) is 37.8 Å². The fourth-order valence-corrected chi connectivity index (χ4v) is 3.99. The highest BCUT2D eigenvalue weighted by Crippen LogP contribution is 2.31. The lowest BCUT2D eigenvalue weighted by Crippen LogP contribution is -2.28. The number of halogens is 3. The van der Waals surface area contributed by atoms with Gasteiger partial charge in [0.05, 0.1) is 11.6 Å². The van der Waals surface area contributed by atoms with Crippen LogP contribution >= 0.6 is 11.8 Å². The van der Waals surface area contributed by atoms with Crippen molar-refractivity contribution in [2.45, 2.75) is 49.6 Å². The molecule has 3 rings (SSSR count). The Balaban J connectivity index is 1.57. The number of alkyl halides is 3. The van der Waals surface area contributed by atoms with E-state index in [4.69, 9.17) is 0 Å². The maximum atomic E-state index is 12.7. The highest BCUT2D eigenvalue weighted by atomic mass is 32.2. The Kier molecular flexibility index (Phi) is 5.55. The smallest absolute Gasteiger partial charge is 0.326 e. The first kappa shape index (κ1) is 18.8. The number of anilines is 1. The lowest BCUT2D eigenvalue weighted by Gasteiger charge is -2.10. The van der Waals surface area contributed by atoms with Crippen LogP contribution < -0.4 is 10.6 Å². The Hall–Kier alpha value is -2.03. The van der Waals surface area contributed by atoms with Gasteiger partial charge in [-0.15, -0.1) is 0 Å². The largest absolute Gasteiger partial charge is 0.416 e. The van der Waals surface area contributed by atoms with Crippen molar-refractivity contribution in [3.63, 3.8) is 0 Å². The van der Waals surface area contributed by atoms with Gasteiger partial charge in [0, 0.05) is 12.1 Å². The number of amides is 2. The van der Waals surface area contributed by atoms with Gasteiger partial charge >= 0.3 is 6.18 Å². The third kappa shape index (κ3) is 4.78. The lowest BCUT2D eigenvalue weighted by molar-refractivity contribution is -0.137. The zero-order valence-corrected chi connectivity index (χ0v) is 14.6. The predicted molar refractivity (Wildman–Crippen MR) is 93.9 cm³/mol. The monoisotopic (exact) mass is 385 g/mol. The third-order valence-electron chi connectivity index (χ3n) is 4.25. The molecule has 0 spiro atoms. The number of nitrogens with one attached hydrogen (secondary N) is 2. The summed E-state index contributed by atoms with van der Waals surface area (Å²) in [6, 6.07) is 4.62. The van der Waals surface area contributed by atoms with Gasteiger partial charge in [-0.05, 0) is 31.0 Å². The number of rotatable bonds is 4. The summed E-state index contributed by atoms with van der Waals surface area (Å²) < 4.78 is 38.1. The normalized spacial score (nSPS) is 22.7. The van der Waals surface area contributed by atoms with Gasteiger partial charge in [0.1, 0.15) is 5.25 Å². The number of nitrogens with zero attached hydrogens (tertiary/aromatic N) is 1. The van der Waals surface area contributed by atoms with Crippen molar-refractivity contribution >= 4 is 34.4 Å². The Morgan fingerprint density at radius 3 is 2.73 bits per heavy atom. The van der Waals surface area contributed by atoms with E-state index in [1.165, 1.54) is 23.9 Å². The zero-order chi connectivity index (χ0) is 18.7. The topological polar surface area (TPSA) is 70.6 Å². The molecule has 9 heteroatoms. The van der Waals surface area contributed by atoms with Gasteiger partial charge in [-0.1, -0.05) is 30.7 Å². The highest BCUT2D eigenvalue weighted by Gasteiger charge is 2.33. The van der Waals surface area contributed by atoms with Gasteiger partial charge in [-0.25, -0.2) is 0 Å².